The second-order valence-electron chi connectivity index (χ2n) is 12.7. The summed E-state index contributed by atoms with van der Waals surface area (Å²) in [6.45, 7) is 0. The van der Waals surface area contributed by atoms with Crippen molar-refractivity contribution in [3.8, 4) is 11.4 Å². The molecule has 0 amide bonds. The molecule has 0 saturated heterocycles. The zero-order valence-electron chi connectivity index (χ0n) is 35.4. The molecule has 0 atom stereocenters. The van der Waals surface area contributed by atoms with Crippen LogP contribution in [0.25, 0.3) is 55.0 Å². The average molecular weight is 719 g/mol. The van der Waals surface area contributed by atoms with Gasteiger partial charge in [-0.1, -0.05) is 36.3 Å². The van der Waals surface area contributed by atoms with E-state index in [9.17, 15) is 0 Å². The van der Waals surface area contributed by atoms with Crippen LogP contribution in [0.3, 0.4) is 0 Å². The summed E-state index contributed by atoms with van der Waals surface area (Å²) in [5, 5.41) is 1.96. The van der Waals surface area contributed by atoms with Crippen molar-refractivity contribution in [2.45, 2.75) is 0 Å². The van der Waals surface area contributed by atoms with Gasteiger partial charge in [-0.05, 0) is 0 Å². The van der Waals surface area contributed by atoms with E-state index in [-0.39, 0.29) is 46.0 Å². The van der Waals surface area contributed by atoms with Crippen LogP contribution in [0.1, 0.15) is 11.0 Å². The third-order valence-electron chi connectivity index (χ3n) is 10.1. The number of hydrogen-bond acceptors (Lipinski definition) is 0. The fraction of sp³-hybridized carbons (Fsp3) is 0. The van der Waals surface area contributed by atoms with E-state index < -0.39 is 37.4 Å². The van der Waals surface area contributed by atoms with E-state index in [1.54, 1.807) is 4.57 Å². The molecule has 0 fully saturated rings. The zero-order valence-corrected chi connectivity index (χ0v) is 29.5. The molecule has 0 radical (unpaired) electrons. The van der Waals surface area contributed by atoms with Crippen molar-refractivity contribution in [1.29, 1.82) is 0 Å². The van der Waals surface area contributed by atoms with Gasteiger partial charge >= 0.3 is 265 Å². The molecular weight excluding hydrogens is 677 g/mol. The summed E-state index contributed by atoms with van der Waals surface area (Å²) >= 11 is -3.50. The first-order chi connectivity index (χ1) is 28.6. The summed E-state index contributed by atoms with van der Waals surface area (Å²) < 4.78 is 78.8. The quantitative estimate of drug-likeness (QED) is 0.152. The van der Waals surface area contributed by atoms with Crippen LogP contribution in [0.5, 0.6) is 0 Å². The number of rotatable bonds is 6. The maximum absolute atomic E-state index is 9.01. The van der Waals surface area contributed by atoms with Crippen LogP contribution < -0.4 is 17.6 Å². The van der Waals surface area contributed by atoms with Crippen molar-refractivity contribution in [1.82, 2.24) is 9.13 Å². The van der Waals surface area contributed by atoms with Gasteiger partial charge in [-0.15, -0.1) is 0 Å². The van der Waals surface area contributed by atoms with E-state index in [2.05, 4.69) is 132 Å². The Hall–Kier alpha value is -6.10. The van der Waals surface area contributed by atoms with Crippen molar-refractivity contribution in [2.24, 2.45) is 0 Å². The van der Waals surface area contributed by atoms with Crippen LogP contribution in [0.4, 0.5) is 0 Å². The zero-order chi connectivity index (χ0) is 40.7. The molecule has 2 aromatic heterocycles. The standard InChI is InChI=1S/C48H34GeN2/c1-4-16-35(17-5-1)49(36-18-6-2-7-19-36,37-20-8-3-9-21-37)38-28-30-39(31-29-38)50-47-27-15-12-24-43(47)44-34-40(32-33-48(44)50)51-45-25-13-10-22-41(45)42-23-11-14-26-46(42)51/h1-34H/i10D,11D,13D,14D,22D,23D,25D,26D. The van der Waals surface area contributed by atoms with Gasteiger partial charge in [-0.3, -0.25) is 0 Å². The molecule has 10 rings (SSSR count). The normalized spacial score (nSPS) is 14.1. The van der Waals surface area contributed by atoms with E-state index >= 15 is 0 Å². The first-order valence-electron chi connectivity index (χ1n) is 21.0. The molecule has 0 N–H and O–H groups in total. The molecule has 0 unspecified atom stereocenters. The Balaban J connectivity index is 1.21. The van der Waals surface area contributed by atoms with Crippen LogP contribution in [-0.4, -0.2) is 22.4 Å². The van der Waals surface area contributed by atoms with Crippen molar-refractivity contribution < 1.29 is 11.0 Å². The third-order valence-corrected chi connectivity index (χ3v) is 20.2. The van der Waals surface area contributed by atoms with Gasteiger partial charge in [0.25, 0.3) is 0 Å². The van der Waals surface area contributed by atoms with Gasteiger partial charge in [0, 0.05) is 0 Å². The molecular formula is C48H34GeN2. The van der Waals surface area contributed by atoms with Gasteiger partial charge in [0.2, 0.25) is 0 Å². The van der Waals surface area contributed by atoms with E-state index in [1.165, 1.54) is 17.6 Å². The first kappa shape index (κ1) is 22.6. The van der Waals surface area contributed by atoms with Crippen LogP contribution in [0.2, 0.25) is 0 Å². The minimum atomic E-state index is -3.50. The molecule has 51 heavy (non-hydrogen) atoms. The number of hydrogen-bond donors (Lipinski definition) is 0. The number of fused-ring (bicyclic) bond motifs is 6. The molecule has 0 aliphatic carbocycles. The summed E-state index contributed by atoms with van der Waals surface area (Å²) in [7, 11) is 0. The number of aromatic nitrogens is 2. The molecule has 2 nitrogen and oxygen atoms in total. The first-order valence-corrected chi connectivity index (χ1v) is 21.2. The van der Waals surface area contributed by atoms with E-state index in [1.807, 2.05) is 30.3 Å². The molecule has 0 aliphatic heterocycles. The third kappa shape index (κ3) is 4.57. The minimum absolute atomic E-state index is 0.0583. The summed E-state index contributed by atoms with van der Waals surface area (Å²) in [6.07, 6.45) is 0. The SMILES string of the molecule is [2H]c1c([2H])c([2H])c2c(c1[2H])c1c([2H])c([2H])c([2H])c([2H])c1n2-c1ccc2c(c1)c1ccccc1n2-c1cc[c]([Ge]([c]2ccccc2)([c]2ccccc2)[c]2ccccc2)cc1. The fourth-order valence-electron chi connectivity index (χ4n) is 7.98. The van der Waals surface area contributed by atoms with Gasteiger partial charge in [0.05, 0.1) is 11.0 Å². The monoisotopic (exact) mass is 720 g/mol. The molecule has 8 aromatic carbocycles. The number of benzene rings is 8. The molecule has 10 aromatic rings. The maximum atomic E-state index is 9.01. The van der Waals surface area contributed by atoms with Gasteiger partial charge in [-0.25, -0.2) is 0 Å². The topological polar surface area (TPSA) is 9.86 Å². The van der Waals surface area contributed by atoms with E-state index in [0.29, 0.717) is 5.69 Å². The Labute approximate surface area is 311 Å². The summed E-state index contributed by atoms with van der Waals surface area (Å²) in [5.41, 5.74) is 3.56. The Morgan fingerprint density at radius 2 is 0.765 bits per heavy atom. The molecule has 240 valence electrons. The molecule has 0 bridgehead atoms. The molecule has 0 spiro atoms. The van der Waals surface area contributed by atoms with Gasteiger partial charge < -0.3 is 0 Å². The van der Waals surface area contributed by atoms with Gasteiger partial charge in [0.1, 0.15) is 0 Å². The Morgan fingerprint density at radius 1 is 0.333 bits per heavy atom. The van der Waals surface area contributed by atoms with Crippen molar-refractivity contribution in [3.05, 3.63) is 206 Å². The number of para-hydroxylation sites is 3. The van der Waals surface area contributed by atoms with Crippen molar-refractivity contribution in [2.75, 3.05) is 0 Å². The van der Waals surface area contributed by atoms with Gasteiger partial charge in [0.15, 0.2) is 0 Å². The van der Waals surface area contributed by atoms with Crippen LogP contribution >= 0.6 is 0 Å². The Kier molecular flexibility index (Phi) is 5.34. The van der Waals surface area contributed by atoms with E-state index in [4.69, 9.17) is 11.0 Å². The fourth-order valence-corrected chi connectivity index (χ4v) is 17.9. The van der Waals surface area contributed by atoms with Crippen LogP contribution in [0, 0.1) is 0 Å². The molecule has 3 heteroatoms. The second kappa shape index (κ2) is 12.0. The Morgan fingerprint density at radius 3 is 1.33 bits per heavy atom. The van der Waals surface area contributed by atoms with Crippen molar-refractivity contribution in [3.63, 3.8) is 0 Å². The summed E-state index contributed by atoms with van der Waals surface area (Å²) in [4.78, 5) is 0. The Bertz CT molecular complexity index is 3120. The summed E-state index contributed by atoms with van der Waals surface area (Å²) in [5.74, 6) is 0. The predicted molar refractivity (Wildman–Crippen MR) is 219 cm³/mol. The number of nitrogens with zero attached hydrogens (tertiary/aromatic N) is 2. The molecule has 0 saturated carbocycles. The van der Waals surface area contributed by atoms with E-state index in [0.717, 1.165) is 27.5 Å². The van der Waals surface area contributed by atoms with Crippen LogP contribution in [0.15, 0.2) is 206 Å². The predicted octanol–water partition coefficient (Wildman–Crippen LogP) is 9.26. The second-order valence-corrected chi connectivity index (χ2v) is 20.7. The molecule has 2 heterocycles. The summed E-state index contributed by atoms with van der Waals surface area (Å²) in [6, 6.07) is 52.3. The van der Waals surface area contributed by atoms with Gasteiger partial charge in [-0.2, -0.15) is 0 Å². The van der Waals surface area contributed by atoms with Crippen molar-refractivity contribution >= 4 is 74.5 Å². The average Bonchev–Trinajstić information content (AvgIpc) is 3.82. The molecule has 0 aliphatic rings. The van der Waals surface area contributed by atoms with Crippen LogP contribution in [-0.2, 0) is 0 Å².